The Morgan fingerprint density at radius 1 is 1.33 bits per heavy atom. The van der Waals surface area contributed by atoms with Crippen LogP contribution >= 0.6 is 27.3 Å². The molecule has 0 bridgehead atoms. The van der Waals surface area contributed by atoms with Gasteiger partial charge in [0.05, 0.1) is 10.3 Å². The third-order valence-electron chi connectivity index (χ3n) is 3.00. The van der Waals surface area contributed by atoms with Gasteiger partial charge >= 0.3 is 6.03 Å². The molecule has 0 aliphatic carbocycles. The van der Waals surface area contributed by atoms with E-state index in [-0.39, 0.29) is 11.8 Å². The van der Waals surface area contributed by atoms with Gasteiger partial charge in [-0.05, 0) is 46.1 Å². The Bertz CT molecular complexity index is 617. The van der Waals surface area contributed by atoms with Gasteiger partial charge in [0.2, 0.25) is 0 Å². The van der Waals surface area contributed by atoms with E-state index in [0.29, 0.717) is 25.1 Å². The zero-order chi connectivity index (χ0) is 15.2. The first-order valence-corrected chi connectivity index (χ1v) is 8.14. The van der Waals surface area contributed by atoms with E-state index in [9.17, 15) is 9.18 Å². The van der Waals surface area contributed by atoms with Crippen molar-refractivity contribution in [2.75, 3.05) is 13.6 Å². The predicted octanol–water partition coefficient (Wildman–Crippen LogP) is 4.03. The number of nitrogens with zero attached hydrogens (tertiary/aromatic N) is 1. The summed E-state index contributed by atoms with van der Waals surface area (Å²) in [5.41, 5.74) is 0.614. The van der Waals surface area contributed by atoms with E-state index in [0.717, 1.165) is 8.66 Å². The van der Waals surface area contributed by atoms with Gasteiger partial charge in [-0.25, -0.2) is 9.18 Å². The fourth-order valence-electron chi connectivity index (χ4n) is 1.88. The largest absolute Gasteiger partial charge is 0.338 e. The Hall–Kier alpha value is -1.40. The van der Waals surface area contributed by atoms with E-state index in [1.165, 1.54) is 6.07 Å². The number of amides is 2. The second kappa shape index (κ2) is 7.56. The number of carbonyl (C=O) groups is 1. The number of thiophene rings is 1. The first-order chi connectivity index (χ1) is 10.1. The van der Waals surface area contributed by atoms with E-state index >= 15 is 0 Å². The van der Waals surface area contributed by atoms with Gasteiger partial charge in [0.15, 0.2) is 0 Å². The molecule has 2 amide bonds. The minimum absolute atomic E-state index is 0.157. The molecule has 6 heteroatoms. The molecular formula is C15H16BrFN2OS. The van der Waals surface area contributed by atoms with Crippen LogP contribution in [0.25, 0.3) is 0 Å². The molecule has 1 heterocycles. The minimum Gasteiger partial charge on any atom is -0.338 e. The summed E-state index contributed by atoms with van der Waals surface area (Å²) in [5, 5.41) is 2.80. The Kier molecular flexibility index (Phi) is 5.76. The molecule has 0 aliphatic heterocycles. The summed E-state index contributed by atoms with van der Waals surface area (Å²) in [6, 6.07) is 10.4. The van der Waals surface area contributed by atoms with Crippen molar-refractivity contribution in [1.82, 2.24) is 10.2 Å². The van der Waals surface area contributed by atoms with Crippen LogP contribution in [0.5, 0.6) is 0 Å². The molecule has 0 unspecified atom stereocenters. The number of urea groups is 1. The van der Waals surface area contributed by atoms with E-state index < -0.39 is 0 Å². The van der Waals surface area contributed by atoms with Crippen LogP contribution in [-0.4, -0.2) is 24.5 Å². The average Bonchev–Trinajstić information content (AvgIpc) is 2.86. The fraction of sp³-hybridized carbons (Fsp3) is 0.267. The molecule has 0 saturated heterocycles. The Morgan fingerprint density at radius 2 is 2.10 bits per heavy atom. The summed E-state index contributed by atoms with van der Waals surface area (Å²) in [7, 11) is 1.74. The number of carbonyl (C=O) groups excluding carboxylic acids is 1. The van der Waals surface area contributed by atoms with Gasteiger partial charge in [-0.1, -0.05) is 18.2 Å². The van der Waals surface area contributed by atoms with Crippen LogP contribution in [0.3, 0.4) is 0 Å². The molecule has 2 aromatic rings. The minimum atomic E-state index is -0.233. The Morgan fingerprint density at radius 3 is 2.76 bits per heavy atom. The maximum atomic E-state index is 13.4. The van der Waals surface area contributed by atoms with Crippen LogP contribution in [0.2, 0.25) is 0 Å². The van der Waals surface area contributed by atoms with Crippen molar-refractivity contribution in [3.8, 4) is 0 Å². The summed E-state index contributed by atoms with van der Waals surface area (Å²) in [6.45, 7) is 0.972. The van der Waals surface area contributed by atoms with Crippen molar-refractivity contribution in [3.05, 3.63) is 56.4 Å². The van der Waals surface area contributed by atoms with E-state index in [1.807, 2.05) is 12.1 Å². The third-order valence-corrected chi connectivity index (χ3v) is 4.61. The van der Waals surface area contributed by atoms with E-state index in [4.69, 9.17) is 0 Å². The molecule has 1 aromatic carbocycles. The lowest BCUT2D eigenvalue weighted by molar-refractivity contribution is 0.207. The maximum Gasteiger partial charge on any atom is 0.317 e. The van der Waals surface area contributed by atoms with Gasteiger partial charge in [0, 0.05) is 18.5 Å². The summed E-state index contributed by atoms with van der Waals surface area (Å²) < 4.78 is 14.5. The molecule has 0 fully saturated rings. The highest BCUT2D eigenvalue weighted by Crippen LogP contribution is 2.22. The number of hydrogen-bond acceptors (Lipinski definition) is 2. The van der Waals surface area contributed by atoms with Crippen LogP contribution in [0, 0.1) is 5.82 Å². The second-order valence-electron chi connectivity index (χ2n) is 4.64. The Labute approximate surface area is 135 Å². The standard InChI is InChI=1S/C15H16BrFN2OS/c1-19(10-12-6-7-14(16)21-12)15(20)18-9-8-11-4-2-3-5-13(11)17/h2-7H,8-10H2,1H3,(H,18,20). The zero-order valence-electron chi connectivity index (χ0n) is 11.6. The maximum absolute atomic E-state index is 13.4. The SMILES string of the molecule is CN(Cc1ccc(Br)s1)C(=O)NCCc1ccccc1F. The first kappa shape index (κ1) is 16.0. The molecule has 0 aliphatic rings. The molecular weight excluding hydrogens is 355 g/mol. The number of nitrogens with one attached hydrogen (secondary N) is 1. The molecule has 1 aromatic heterocycles. The molecule has 1 N–H and O–H groups in total. The van der Waals surface area contributed by atoms with Crippen molar-refractivity contribution in [3.63, 3.8) is 0 Å². The lowest BCUT2D eigenvalue weighted by Crippen LogP contribution is -2.37. The number of hydrogen-bond donors (Lipinski definition) is 1. The van der Waals surface area contributed by atoms with Crippen LogP contribution in [0.15, 0.2) is 40.2 Å². The number of halogens is 2. The van der Waals surface area contributed by atoms with Crippen LogP contribution in [-0.2, 0) is 13.0 Å². The number of rotatable bonds is 5. The molecule has 0 atom stereocenters. The topological polar surface area (TPSA) is 32.3 Å². The van der Waals surface area contributed by atoms with Gasteiger partial charge in [-0.3, -0.25) is 0 Å². The first-order valence-electron chi connectivity index (χ1n) is 6.53. The predicted molar refractivity (Wildman–Crippen MR) is 87.0 cm³/mol. The highest BCUT2D eigenvalue weighted by molar-refractivity contribution is 9.11. The molecule has 0 radical (unpaired) electrons. The molecule has 3 nitrogen and oxygen atoms in total. The summed E-state index contributed by atoms with van der Waals surface area (Å²) in [6.07, 6.45) is 0.483. The van der Waals surface area contributed by atoms with Gasteiger partial charge in [0.1, 0.15) is 5.82 Å². The fourth-order valence-corrected chi connectivity index (χ4v) is 3.42. The summed E-state index contributed by atoms with van der Waals surface area (Å²) in [5.74, 6) is -0.233. The summed E-state index contributed by atoms with van der Waals surface area (Å²) in [4.78, 5) is 14.7. The monoisotopic (exact) mass is 370 g/mol. The van der Waals surface area contributed by atoms with Gasteiger partial charge in [-0.15, -0.1) is 11.3 Å². The van der Waals surface area contributed by atoms with Gasteiger partial charge < -0.3 is 10.2 Å². The number of benzene rings is 1. The molecule has 112 valence electrons. The normalized spacial score (nSPS) is 10.4. The zero-order valence-corrected chi connectivity index (χ0v) is 14.0. The molecule has 0 spiro atoms. The van der Waals surface area contributed by atoms with Gasteiger partial charge in [0.25, 0.3) is 0 Å². The Balaban J connectivity index is 1.77. The van der Waals surface area contributed by atoms with E-state index in [2.05, 4.69) is 21.2 Å². The highest BCUT2D eigenvalue weighted by Gasteiger charge is 2.10. The van der Waals surface area contributed by atoms with Gasteiger partial charge in [-0.2, -0.15) is 0 Å². The van der Waals surface area contributed by atoms with Crippen molar-refractivity contribution in [2.45, 2.75) is 13.0 Å². The van der Waals surface area contributed by atoms with Crippen molar-refractivity contribution < 1.29 is 9.18 Å². The second-order valence-corrected chi connectivity index (χ2v) is 7.18. The quantitative estimate of drug-likeness (QED) is 0.846. The van der Waals surface area contributed by atoms with Crippen LogP contribution in [0.1, 0.15) is 10.4 Å². The van der Waals surface area contributed by atoms with Crippen LogP contribution in [0.4, 0.5) is 9.18 Å². The van der Waals surface area contributed by atoms with Crippen molar-refractivity contribution in [1.29, 1.82) is 0 Å². The van der Waals surface area contributed by atoms with Crippen LogP contribution < -0.4 is 5.32 Å². The highest BCUT2D eigenvalue weighted by atomic mass is 79.9. The third kappa shape index (κ3) is 4.82. The average molecular weight is 371 g/mol. The van der Waals surface area contributed by atoms with Crippen molar-refractivity contribution in [2.24, 2.45) is 0 Å². The summed E-state index contributed by atoms with van der Waals surface area (Å²) >= 11 is 5.00. The lowest BCUT2D eigenvalue weighted by Gasteiger charge is -2.17. The molecule has 0 saturated carbocycles. The van der Waals surface area contributed by atoms with E-state index in [1.54, 1.807) is 41.5 Å². The van der Waals surface area contributed by atoms with Crippen molar-refractivity contribution >= 4 is 33.3 Å². The lowest BCUT2D eigenvalue weighted by atomic mass is 10.1. The molecule has 21 heavy (non-hydrogen) atoms. The molecule has 2 rings (SSSR count). The smallest absolute Gasteiger partial charge is 0.317 e.